The molecule has 0 unspecified atom stereocenters. The van der Waals surface area contributed by atoms with Crippen LogP contribution < -0.4 is 5.32 Å². The van der Waals surface area contributed by atoms with Crippen LogP contribution in [-0.2, 0) is 35.4 Å². The first-order valence-electron chi connectivity index (χ1n) is 8.84. The van der Waals surface area contributed by atoms with Gasteiger partial charge in [-0.25, -0.2) is 4.98 Å². The number of alkyl halides is 3. The van der Waals surface area contributed by atoms with Crippen LogP contribution in [0.25, 0.3) is 11.0 Å². The first-order chi connectivity index (χ1) is 13.4. The van der Waals surface area contributed by atoms with E-state index in [0.29, 0.717) is 13.2 Å². The number of fused-ring (bicyclic) bond motifs is 1. The van der Waals surface area contributed by atoms with Gasteiger partial charge in [-0.15, -0.1) is 0 Å². The molecule has 148 valence electrons. The highest BCUT2D eigenvalue weighted by molar-refractivity contribution is 5.81. The van der Waals surface area contributed by atoms with Crippen LogP contribution in [0.4, 0.5) is 13.2 Å². The fraction of sp³-hybridized carbons (Fsp3) is 0.300. The number of para-hydroxylation sites is 2. The van der Waals surface area contributed by atoms with Gasteiger partial charge < -0.3 is 14.6 Å². The van der Waals surface area contributed by atoms with Gasteiger partial charge in [-0.05, 0) is 30.2 Å². The third-order valence-electron chi connectivity index (χ3n) is 4.27. The number of hydrogen-bond acceptors (Lipinski definition) is 3. The highest BCUT2D eigenvalue weighted by Crippen LogP contribution is 2.31. The molecular weight excluding hydrogens is 371 g/mol. The number of nitrogens with one attached hydrogen (secondary N) is 1. The van der Waals surface area contributed by atoms with Gasteiger partial charge in [-0.3, -0.25) is 4.79 Å². The Hall–Kier alpha value is -2.87. The van der Waals surface area contributed by atoms with E-state index in [2.05, 4.69) is 10.3 Å². The third-order valence-corrected chi connectivity index (χ3v) is 4.27. The molecule has 2 aromatic carbocycles. The van der Waals surface area contributed by atoms with Crippen molar-refractivity contribution < 1.29 is 22.7 Å². The lowest BCUT2D eigenvalue weighted by Crippen LogP contribution is -2.29. The van der Waals surface area contributed by atoms with E-state index >= 15 is 0 Å². The molecule has 3 aromatic rings. The van der Waals surface area contributed by atoms with E-state index < -0.39 is 24.5 Å². The molecule has 0 bridgehead atoms. The number of benzene rings is 2. The minimum Gasteiger partial charge on any atom is -0.377 e. The summed E-state index contributed by atoms with van der Waals surface area (Å²) in [6, 6.07) is 13.7. The molecule has 0 aliphatic rings. The van der Waals surface area contributed by atoms with Crippen molar-refractivity contribution in [2.24, 2.45) is 0 Å². The SMILES string of the molecule is CCOCc1ccccc1CNC(=O)Cn1c(C(F)(F)F)nc2ccccc21. The maximum absolute atomic E-state index is 13.3. The van der Waals surface area contributed by atoms with Crippen molar-refractivity contribution >= 4 is 16.9 Å². The summed E-state index contributed by atoms with van der Waals surface area (Å²) in [6.07, 6.45) is -4.65. The number of aromatic nitrogens is 2. The predicted molar refractivity (Wildman–Crippen MR) is 98.4 cm³/mol. The Morgan fingerprint density at radius 2 is 1.79 bits per heavy atom. The number of rotatable bonds is 7. The molecule has 0 atom stereocenters. The zero-order valence-electron chi connectivity index (χ0n) is 15.3. The number of amides is 1. The maximum atomic E-state index is 13.3. The maximum Gasteiger partial charge on any atom is 0.449 e. The number of nitrogens with zero attached hydrogens (tertiary/aromatic N) is 2. The Labute approximate surface area is 160 Å². The van der Waals surface area contributed by atoms with Gasteiger partial charge in [0, 0.05) is 13.2 Å². The lowest BCUT2D eigenvalue weighted by atomic mass is 10.1. The average Bonchev–Trinajstić information content (AvgIpc) is 3.04. The van der Waals surface area contributed by atoms with E-state index in [0.717, 1.165) is 15.7 Å². The number of carbonyl (C=O) groups excluding carboxylic acids is 1. The Kier molecular flexibility index (Phi) is 5.99. The highest BCUT2D eigenvalue weighted by atomic mass is 19.4. The van der Waals surface area contributed by atoms with E-state index in [1.807, 2.05) is 31.2 Å². The zero-order valence-corrected chi connectivity index (χ0v) is 15.3. The first-order valence-corrected chi connectivity index (χ1v) is 8.84. The summed E-state index contributed by atoms with van der Waals surface area (Å²) < 4.78 is 46.3. The number of imidazole rings is 1. The normalized spacial score (nSPS) is 11.7. The van der Waals surface area contributed by atoms with E-state index in [1.54, 1.807) is 12.1 Å². The molecule has 0 spiro atoms. The zero-order chi connectivity index (χ0) is 20.1. The van der Waals surface area contributed by atoms with E-state index in [4.69, 9.17) is 4.74 Å². The van der Waals surface area contributed by atoms with Crippen LogP contribution >= 0.6 is 0 Å². The van der Waals surface area contributed by atoms with Crippen LogP contribution in [0.2, 0.25) is 0 Å². The van der Waals surface area contributed by atoms with Crippen molar-refractivity contribution in [3.63, 3.8) is 0 Å². The van der Waals surface area contributed by atoms with Gasteiger partial charge in [-0.2, -0.15) is 13.2 Å². The van der Waals surface area contributed by atoms with E-state index in [1.165, 1.54) is 12.1 Å². The predicted octanol–water partition coefficient (Wildman–Crippen LogP) is 3.91. The fourth-order valence-corrected chi connectivity index (χ4v) is 2.93. The summed E-state index contributed by atoms with van der Waals surface area (Å²) >= 11 is 0. The Bertz CT molecular complexity index is 967. The number of carbonyl (C=O) groups is 1. The lowest BCUT2D eigenvalue weighted by Gasteiger charge is -2.13. The third kappa shape index (κ3) is 4.51. The second kappa shape index (κ2) is 8.43. The van der Waals surface area contributed by atoms with Crippen LogP contribution in [0.15, 0.2) is 48.5 Å². The lowest BCUT2D eigenvalue weighted by molar-refractivity contribution is -0.147. The summed E-state index contributed by atoms with van der Waals surface area (Å²) in [7, 11) is 0. The highest BCUT2D eigenvalue weighted by Gasteiger charge is 2.37. The van der Waals surface area contributed by atoms with Crippen molar-refractivity contribution in [2.75, 3.05) is 6.61 Å². The topological polar surface area (TPSA) is 56.1 Å². The largest absolute Gasteiger partial charge is 0.449 e. The fourth-order valence-electron chi connectivity index (χ4n) is 2.93. The standard InChI is InChI=1S/C20H20F3N3O2/c1-2-28-13-15-8-4-3-7-14(15)11-24-18(27)12-26-17-10-6-5-9-16(17)25-19(26)20(21,22)23/h3-10H,2,11-13H2,1H3,(H,24,27). The van der Waals surface area contributed by atoms with Gasteiger partial charge in [0.2, 0.25) is 11.7 Å². The quantitative estimate of drug-likeness (QED) is 0.665. The first kappa shape index (κ1) is 19.9. The Morgan fingerprint density at radius 1 is 1.11 bits per heavy atom. The Balaban J connectivity index is 1.76. The molecule has 1 N–H and O–H groups in total. The number of halogens is 3. The van der Waals surface area contributed by atoms with Crippen LogP contribution in [0.1, 0.15) is 23.9 Å². The molecule has 1 aromatic heterocycles. The molecule has 0 aliphatic carbocycles. The van der Waals surface area contributed by atoms with Gasteiger partial charge >= 0.3 is 6.18 Å². The molecule has 28 heavy (non-hydrogen) atoms. The molecule has 5 nitrogen and oxygen atoms in total. The summed E-state index contributed by atoms with van der Waals surface area (Å²) in [5.74, 6) is -1.61. The van der Waals surface area contributed by atoms with Crippen molar-refractivity contribution in [1.82, 2.24) is 14.9 Å². The monoisotopic (exact) mass is 391 g/mol. The van der Waals surface area contributed by atoms with Crippen LogP contribution in [0.5, 0.6) is 0 Å². The molecule has 0 radical (unpaired) electrons. The van der Waals surface area contributed by atoms with Gasteiger partial charge in [0.25, 0.3) is 0 Å². The summed E-state index contributed by atoms with van der Waals surface area (Å²) in [4.78, 5) is 16.0. The van der Waals surface area contributed by atoms with Crippen molar-refractivity contribution in [3.05, 3.63) is 65.5 Å². The minimum absolute atomic E-state index is 0.199. The van der Waals surface area contributed by atoms with Gasteiger partial charge in [0.1, 0.15) is 6.54 Å². The van der Waals surface area contributed by atoms with E-state index in [9.17, 15) is 18.0 Å². The molecular formula is C20H20F3N3O2. The summed E-state index contributed by atoms with van der Waals surface area (Å²) in [5.41, 5.74) is 2.25. The molecule has 1 amide bonds. The molecule has 0 saturated heterocycles. The minimum atomic E-state index is -4.65. The second-order valence-corrected chi connectivity index (χ2v) is 6.19. The van der Waals surface area contributed by atoms with Crippen LogP contribution in [0, 0.1) is 0 Å². The van der Waals surface area contributed by atoms with Gasteiger partial charge in [-0.1, -0.05) is 36.4 Å². The molecule has 8 heteroatoms. The second-order valence-electron chi connectivity index (χ2n) is 6.19. The van der Waals surface area contributed by atoms with Crippen molar-refractivity contribution in [2.45, 2.75) is 32.8 Å². The smallest absolute Gasteiger partial charge is 0.377 e. The van der Waals surface area contributed by atoms with Crippen LogP contribution in [-0.4, -0.2) is 22.1 Å². The Morgan fingerprint density at radius 3 is 2.50 bits per heavy atom. The molecule has 0 saturated carbocycles. The number of hydrogen-bond donors (Lipinski definition) is 1. The van der Waals surface area contributed by atoms with Crippen molar-refractivity contribution in [1.29, 1.82) is 0 Å². The van der Waals surface area contributed by atoms with Crippen LogP contribution in [0.3, 0.4) is 0 Å². The summed E-state index contributed by atoms with van der Waals surface area (Å²) in [5, 5.41) is 2.69. The summed E-state index contributed by atoms with van der Waals surface area (Å²) in [6.45, 7) is 2.60. The van der Waals surface area contributed by atoms with Crippen molar-refractivity contribution in [3.8, 4) is 0 Å². The van der Waals surface area contributed by atoms with Gasteiger partial charge in [0.15, 0.2) is 0 Å². The molecule has 0 aliphatic heterocycles. The van der Waals surface area contributed by atoms with Gasteiger partial charge in [0.05, 0.1) is 17.6 Å². The average molecular weight is 391 g/mol. The number of ether oxygens (including phenoxy) is 1. The molecule has 1 heterocycles. The molecule has 0 fully saturated rings. The molecule has 3 rings (SSSR count). The van der Waals surface area contributed by atoms with E-state index in [-0.39, 0.29) is 17.6 Å².